The van der Waals surface area contributed by atoms with Crippen LogP contribution in [0.25, 0.3) is 11.3 Å². The summed E-state index contributed by atoms with van der Waals surface area (Å²) in [4.78, 5) is 26.1. The summed E-state index contributed by atoms with van der Waals surface area (Å²) < 4.78 is 10.5. The number of benzene rings is 2. The number of hydrogen-bond acceptors (Lipinski definition) is 5. The maximum Gasteiger partial charge on any atom is 0.273 e. The number of ether oxygens (including phenoxy) is 1. The van der Waals surface area contributed by atoms with Crippen molar-refractivity contribution >= 4 is 11.8 Å². The minimum Gasteiger partial charge on any atom is -0.496 e. The van der Waals surface area contributed by atoms with E-state index < -0.39 is 5.91 Å². The van der Waals surface area contributed by atoms with E-state index in [0.717, 1.165) is 11.1 Å². The van der Waals surface area contributed by atoms with Gasteiger partial charge in [0.25, 0.3) is 5.91 Å². The van der Waals surface area contributed by atoms with Crippen LogP contribution in [-0.2, 0) is 11.3 Å². The number of carbonyl (C=O) groups excluding carboxylic acids is 2. The Morgan fingerprint density at radius 2 is 1.82 bits per heavy atom. The van der Waals surface area contributed by atoms with Gasteiger partial charge in [-0.25, -0.2) is 0 Å². The third-order valence-corrected chi connectivity index (χ3v) is 4.23. The fourth-order valence-corrected chi connectivity index (χ4v) is 2.68. The van der Waals surface area contributed by atoms with E-state index in [1.54, 1.807) is 20.2 Å². The molecule has 0 bridgehead atoms. The van der Waals surface area contributed by atoms with Crippen LogP contribution >= 0.6 is 0 Å². The highest BCUT2D eigenvalue weighted by atomic mass is 16.5. The first-order chi connectivity index (χ1) is 13.6. The second-order valence-electron chi connectivity index (χ2n) is 6.19. The van der Waals surface area contributed by atoms with E-state index in [2.05, 4.69) is 10.5 Å². The monoisotopic (exact) mass is 379 g/mol. The van der Waals surface area contributed by atoms with Gasteiger partial charge < -0.3 is 19.5 Å². The van der Waals surface area contributed by atoms with Gasteiger partial charge in [0.2, 0.25) is 5.91 Å². The molecule has 1 aromatic heterocycles. The number of nitrogens with zero attached hydrogens (tertiary/aromatic N) is 2. The van der Waals surface area contributed by atoms with Crippen molar-refractivity contribution in [3.8, 4) is 17.1 Å². The van der Waals surface area contributed by atoms with E-state index in [1.165, 1.54) is 4.90 Å². The van der Waals surface area contributed by atoms with Gasteiger partial charge in [0.15, 0.2) is 11.5 Å². The minimum atomic E-state index is -0.468. The largest absolute Gasteiger partial charge is 0.496 e. The van der Waals surface area contributed by atoms with Gasteiger partial charge in [0, 0.05) is 30.8 Å². The molecule has 2 aromatic carbocycles. The number of rotatable bonds is 7. The quantitative estimate of drug-likeness (QED) is 0.682. The van der Waals surface area contributed by atoms with Gasteiger partial charge in [-0.3, -0.25) is 9.59 Å². The normalized spacial score (nSPS) is 10.4. The van der Waals surface area contributed by atoms with E-state index in [9.17, 15) is 9.59 Å². The molecule has 0 saturated carbocycles. The summed E-state index contributed by atoms with van der Waals surface area (Å²) in [6, 6.07) is 18.4. The Morgan fingerprint density at radius 1 is 1.11 bits per heavy atom. The van der Waals surface area contributed by atoms with E-state index in [4.69, 9.17) is 9.26 Å². The smallest absolute Gasteiger partial charge is 0.273 e. The average Bonchev–Trinajstić information content (AvgIpc) is 3.23. The highest BCUT2D eigenvalue weighted by Crippen LogP contribution is 2.20. The molecule has 0 atom stereocenters. The lowest BCUT2D eigenvalue weighted by Crippen LogP contribution is -2.38. The molecule has 0 saturated heterocycles. The molecule has 144 valence electrons. The van der Waals surface area contributed by atoms with Gasteiger partial charge in [-0.1, -0.05) is 53.7 Å². The molecule has 7 nitrogen and oxygen atoms in total. The van der Waals surface area contributed by atoms with E-state index in [-0.39, 0.29) is 18.1 Å². The third kappa shape index (κ3) is 4.56. The number of para-hydroxylation sites is 1. The van der Waals surface area contributed by atoms with Crippen LogP contribution in [0.4, 0.5) is 0 Å². The molecule has 2 amide bonds. The number of amides is 2. The number of carbonyl (C=O) groups is 2. The van der Waals surface area contributed by atoms with Crippen molar-refractivity contribution in [2.75, 3.05) is 20.7 Å². The SMILES string of the molecule is COc1ccccc1CN(C)C(=O)CNC(=O)c1cc(-c2ccccc2)on1. The van der Waals surface area contributed by atoms with Crippen molar-refractivity contribution < 1.29 is 18.8 Å². The van der Waals surface area contributed by atoms with Crippen molar-refractivity contribution in [1.29, 1.82) is 0 Å². The molecule has 3 rings (SSSR count). The fraction of sp³-hybridized carbons (Fsp3) is 0.190. The molecule has 3 aromatic rings. The zero-order chi connectivity index (χ0) is 19.9. The Balaban J connectivity index is 1.55. The molecule has 0 spiro atoms. The van der Waals surface area contributed by atoms with Gasteiger partial charge in [0.1, 0.15) is 5.75 Å². The predicted molar refractivity (Wildman–Crippen MR) is 104 cm³/mol. The third-order valence-electron chi connectivity index (χ3n) is 4.23. The van der Waals surface area contributed by atoms with Gasteiger partial charge in [-0.15, -0.1) is 0 Å². The van der Waals surface area contributed by atoms with Gasteiger partial charge in [0.05, 0.1) is 13.7 Å². The van der Waals surface area contributed by atoms with Gasteiger partial charge in [-0.05, 0) is 6.07 Å². The highest BCUT2D eigenvalue weighted by molar-refractivity contribution is 5.95. The van der Waals surface area contributed by atoms with Crippen LogP contribution in [0, 0.1) is 0 Å². The summed E-state index contributed by atoms with van der Waals surface area (Å²) in [5.74, 6) is 0.503. The molecule has 1 heterocycles. The molecule has 1 N–H and O–H groups in total. The van der Waals surface area contributed by atoms with Crippen molar-refractivity contribution in [2.24, 2.45) is 0 Å². The Morgan fingerprint density at radius 3 is 2.57 bits per heavy atom. The molecular weight excluding hydrogens is 358 g/mol. The van der Waals surface area contributed by atoms with E-state index >= 15 is 0 Å². The summed E-state index contributed by atoms with van der Waals surface area (Å²) in [6.45, 7) is 0.235. The van der Waals surface area contributed by atoms with Crippen molar-refractivity contribution in [3.63, 3.8) is 0 Å². The van der Waals surface area contributed by atoms with Gasteiger partial charge in [-0.2, -0.15) is 0 Å². The van der Waals surface area contributed by atoms with E-state index in [1.807, 2.05) is 54.6 Å². The zero-order valence-corrected chi connectivity index (χ0v) is 15.7. The lowest BCUT2D eigenvalue weighted by molar-refractivity contribution is -0.129. The van der Waals surface area contributed by atoms with Crippen LogP contribution in [-0.4, -0.2) is 42.6 Å². The van der Waals surface area contributed by atoms with Crippen molar-refractivity contribution in [2.45, 2.75) is 6.54 Å². The predicted octanol–water partition coefficient (Wildman–Crippen LogP) is 2.74. The van der Waals surface area contributed by atoms with Crippen molar-refractivity contribution in [3.05, 3.63) is 71.9 Å². The Hall–Kier alpha value is -3.61. The summed E-state index contributed by atoms with van der Waals surface area (Å²) in [5.41, 5.74) is 1.83. The topological polar surface area (TPSA) is 84.7 Å². The molecule has 0 aliphatic carbocycles. The van der Waals surface area contributed by atoms with Crippen LogP contribution in [0.3, 0.4) is 0 Å². The first-order valence-corrected chi connectivity index (χ1v) is 8.74. The molecule has 0 fully saturated rings. The number of nitrogens with one attached hydrogen (secondary N) is 1. The Kier molecular flexibility index (Phi) is 6.06. The van der Waals surface area contributed by atoms with Crippen LogP contribution in [0.15, 0.2) is 65.2 Å². The lowest BCUT2D eigenvalue weighted by atomic mass is 10.1. The summed E-state index contributed by atoms with van der Waals surface area (Å²) in [5, 5.41) is 6.35. The number of likely N-dealkylation sites (N-methyl/N-ethyl adjacent to an activating group) is 1. The average molecular weight is 379 g/mol. The first-order valence-electron chi connectivity index (χ1n) is 8.74. The lowest BCUT2D eigenvalue weighted by Gasteiger charge is -2.19. The molecule has 7 heteroatoms. The van der Waals surface area contributed by atoms with Crippen LogP contribution < -0.4 is 10.1 Å². The van der Waals surface area contributed by atoms with Crippen LogP contribution in [0.5, 0.6) is 5.75 Å². The maximum absolute atomic E-state index is 12.3. The number of aromatic nitrogens is 1. The first kappa shape index (κ1) is 19.2. The Labute approximate surface area is 162 Å². The fourth-order valence-electron chi connectivity index (χ4n) is 2.68. The Bertz CT molecular complexity index is 953. The maximum atomic E-state index is 12.3. The molecule has 28 heavy (non-hydrogen) atoms. The summed E-state index contributed by atoms with van der Waals surface area (Å²) in [7, 11) is 3.26. The molecule has 0 aliphatic rings. The minimum absolute atomic E-state index is 0.124. The standard InChI is InChI=1S/C21H21N3O4/c1-24(14-16-10-6-7-11-18(16)27-2)20(25)13-22-21(26)17-12-19(28-23-17)15-8-4-3-5-9-15/h3-12H,13-14H2,1-2H3,(H,22,26). The van der Waals surface area contributed by atoms with Gasteiger partial charge >= 0.3 is 0 Å². The van der Waals surface area contributed by atoms with E-state index in [0.29, 0.717) is 18.1 Å². The zero-order valence-electron chi connectivity index (χ0n) is 15.7. The summed E-state index contributed by atoms with van der Waals surface area (Å²) in [6.07, 6.45) is 0. The van der Waals surface area contributed by atoms with Crippen LogP contribution in [0.2, 0.25) is 0 Å². The molecular formula is C21H21N3O4. The second-order valence-corrected chi connectivity index (χ2v) is 6.19. The molecule has 0 radical (unpaired) electrons. The number of methoxy groups -OCH3 is 1. The second kappa shape index (κ2) is 8.85. The van der Waals surface area contributed by atoms with Crippen molar-refractivity contribution in [1.82, 2.24) is 15.4 Å². The molecule has 0 aliphatic heterocycles. The summed E-state index contributed by atoms with van der Waals surface area (Å²) >= 11 is 0. The highest BCUT2D eigenvalue weighted by Gasteiger charge is 2.17. The number of hydrogen-bond donors (Lipinski definition) is 1. The molecule has 0 unspecified atom stereocenters. The van der Waals surface area contributed by atoms with Crippen LogP contribution in [0.1, 0.15) is 16.1 Å².